The van der Waals surface area contributed by atoms with Gasteiger partial charge in [-0.25, -0.2) is 4.98 Å². The zero-order valence-electron chi connectivity index (χ0n) is 15.3. The summed E-state index contributed by atoms with van der Waals surface area (Å²) in [6.45, 7) is 7.99. The first-order valence-electron chi connectivity index (χ1n) is 8.63. The molecule has 0 aliphatic carbocycles. The second kappa shape index (κ2) is 7.88. The Kier molecular flexibility index (Phi) is 5.77. The topological polar surface area (TPSA) is 61.2 Å². The number of ether oxygens (including phenoxy) is 1. The highest BCUT2D eigenvalue weighted by Gasteiger charge is 2.28. The van der Waals surface area contributed by atoms with Crippen molar-refractivity contribution >= 4 is 29.5 Å². The first-order valence-corrected chi connectivity index (χ1v) is 10.4. The van der Waals surface area contributed by atoms with Gasteiger partial charge in [0.25, 0.3) is 5.56 Å². The minimum atomic E-state index is -0.442. The van der Waals surface area contributed by atoms with Gasteiger partial charge in [-0.3, -0.25) is 14.2 Å². The summed E-state index contributed by atoms with van der Waals surface area (Å²) in [5.41, 5.74) is 2.64. The quantitative estimate of drug-likeness (QED) is 0.441. The van der Waals surface area contributed by atoms with Crippen molar-refractivity contribution in [2.45, 2.75) is 54.7 Å². The molecule has 1 aliphatic heterocycles. The SMILES string of the molecule is CCOC(=O)[C@@H](C)Sc1nc2c(c(=O)n1-c1ccc(C)cc1)S[C@@H](C)C2. The lowest BCUT2D eigenvalue weighted by Crippen LogP contribution is -2.26. The highest BCUT2D eigenvalue weighted by molar-refractivity contribution is 8.00. The van der Waals surface area contributed by atoms with E-state index in [2.05, 4.69) is 6.92 Å². The van der Waals surface area contributed by atoms with Crippen molar-refractivity contribution in [3.63, 3.8) is 0 Å². The Morgan fingerprint density at radius 2 is 2.12 bits per heavy atom. The second-order valence-corrected chi connectivity index (χ2v) is 9.05. The van der Waals surface area contributed by atoms with Crippen LogP contribution >= 0.6 is 23.5 Å². The fourth-order valence-electron chi connectivity index (χ4n) is 2.77. The van der Waals surface area contributed by atoms with Crippen LogP contribution in [0.1, 0.15) is 32.0 Å². The maximum absolute atomic E-state index is 13.2. The van der Waals surface area contributed by atoms with Crippen molar-refractivity contribution in [3.8, 4) is 5.69 Å². The standard InChI is InChI=1S/C19H22N2O3S2/c1-5-24-18(23)13(4)26-19-20-15-10-12(3)25-16(15)17(22)21(19)14-8-6-11(2)7-9-14/h6-9,12-13H,5,10H2,1-4H3/t12-,13+/m0/s1. The number of nitrogens with zero attached hydrogens (tertiary/aromatic N) is 2. The molecule has 26 heavy (non-hydrogen) atoms. The van der Waals surface area contributed by atoms with Crippen LogP contribution in [0.15, 0.2) is 39.1 Å². The van der Waals surface area contributed by atoms with Crippen LogP contribution in [0, 0.1) is 6.92 Å². The van der Waals surface area contributed by atoms with E-state index in [1.54, 1.807) is 30.2 Å². The summed E-state index contributed by atoms with van der Waals surface area (Å²) >= 11 is 2.84. The van der Waals surface area contributed by atoms with Crippen LogP contribution in [-0.2, 0) is 16.0 Å². The Bertz CT molecular complexity index is 878. The van der Waals surface area contributed by atoms with Crippen LogP contribution in [0.5, 0.6) is 0 Å². The van der Waals surface area contributed by atoms with Gasteiger partial charge < -0.3 is 4.74 Å². The first-order chi connectivity index (χ1) is 12.4. The van der Waals surface area contributed by atoms with Crippen LogP contribution in [0.3, 0.4) is 0 Å². The van der Waals surface area contributed by atoms with Crippen LogP contribution in [0.2, 0.25) is 0 Å². The number of benzene rings is 1. The molecule has 2 aromatic rings. The van der Waals surface area contributed by atoms with Gasteiger partial charge >= 0.3 is 5.97 Å². The van der Waals surface area contributed by atoms with Crippen molar-refractivity contribution in [1.29, 1.82) is 0 Å². The molecule has 5 nitrogen and oxygen atoms in total. The maximum Gasteiger partial charge on any atom is 0.319 e. The zero-order valence-corrected chi connectivity index (χ0v) is 16.9. The average Bonchev–Trinajstić information content (AvgIpc) is 2.97. The lowest BCUT2D eigenvalue weighted by Gasteiger charge is -2.16. The Labute approximate surface area is 161 Å². The smallest absolute Gasteiger partial charge is 0.319 e. The third-order valence-electron chi connectivity index (χ3n) is 4.07. The summed E-state index contributed by atoms with van der Waals surface area (Å²) in [4.78, 5) is 30.7. The van der Waals surface area contributed by atoms with Crippen LogP contribution in [0.25, 0.3) is 5.69 Å². The van der Waals surface area contributed by atoms with Crippen molar-refractivity contribution in [2.24, 2.45) is 0 Å². The lowest BCUT2D eigenvalue weighted by molar-refractivity contribution is -0.142. The third-order valence-corrected chi connectivity index (χ3v) is 6.32. The Balaban J connectivity index is 2.08. The fraction of sp³-hybridized carbons (Fsp3) is 0.421. The lowest BCUT2D eigenvalue weighted by atomic mass is 10.2. The molecule has 1 aliphatic rings. The van der Waals surface area contributed by atoms with Gasteiger partial charge in [-0.2, -0.15) is 0 Å². The summed E-state index contributed by atoms with van der Waals surface area (Å²) in [6, 6.07) is 7.75. The molecule has 1 aromatic heterocycles. The van der Waals surface area contributed by atoms with Gasteiger partial charge in [0, 0.05) is 11.7 Å². The van der Waals surface area contributed by atoms with E-state index in [0.29, 0.717) is 21.9 Å². The number of carbonyl (C=O) groups is 1. The van der Waals surface area contributed by atoms with E-state index in [1.165, 1.54) is 11.8 Å². The van der Waals surface area contributed by atoms with Crippen molar-refractivity contribution in [1.82, 2.24) is 9.55 Å². The molecule has 0 saturated carbocycles. The van der Waals surface area contributed by atoms with Crippen molar-refractivity contribution in [3.05, 3.63) is 45.9 Å². The van der Waals surface area contributed by atoms with E-state index in [9.17, 15) is 9.59 Å². The van der Waals surface area contributed by atoms with Crippen LogP contribution < -0.4 is 5.56 Å². The fourth-order valence-corrected chi connectivity index (χ4v) is 4.80. The molecule has 2 heterocycles. The van der Waals surface area contributed by atoms with Gasteiger partial charge in [-0.1, -0.05) is 36.4 Å². The van der Waals surface area contributed by atoms with E-state index in [4.69, 9.17) is 9.72 Å². The zero-order chi connectivity index (χ0) is 18.8. The maximum atomic E-state index is 13.2. The van der Waals surface area contributed by atoms with Crippen molar-refractivity contribution < 1.29 is 9.53 Å². The molecule has 2 atom stereocenters. The molecule has 7 heteroatoms. The molecule has 3 rings (SSSR count). The molecule has 0 amide bonds. The Morgan fingerprint density at radius 1 is 1.42 bits per heavy atom. The number of fused-ring (bicyclic) bond motifs is 1. The number of rotatable bonds is 5. The molecule has 0 N–H and O–H groups in total. The van der Waals surface area contributed by atoms with E-state index in [0.717, 1.165) is 23.4 Å². The minimum absolute atomic E-state index is 0.0632. The van der Waals surface area contributed by atoms with E-state index in [1.807, 2.05) is 31.2 Å². The van der Waals surface area contributed by atoms with Gasteiger partial charge in [0.15, 0.2) is 5.16 Å². The van der Waals surface area contributed by atoms with Gasteiger partial charge in [-0.15, -0.1) is 11.8 Å². The number of aryl methyl sites for hydroxylation is 1. The highest BCUT2D eigenvalue weighted by Crippen LogP contribution is 2.35. The Hall–Kier alpha value is -1.73. The van der Waals surface area contributed by atoms with E-state index in [-0.39, 0.29) is 11.5 Å². The summed E-state index contributed by atoms with van der Waals surface area (Å²) in [5, 5.41) is 0.426. The minimum Gasteiger partial charge on any atom is -0.465 e. The molecule has 0 radical (unpaired) electrons. The second-order valence-electron chi connectivity index (χ2n) is 6.29. The molecule has 0 saturated heterocycles. The molecule has 0 unspecified atom stereocenters. The number of carbonyl (C=O) groups excluding carboxylic acids is 1. The van der Waals surface area contributed by atoms with Gasteiger partial charge in [0.05, 0.1) is 22.9 Å². The van der Waals surface area contributed by atoms with Gasteiger partial charge in [-0.05, 0) is 32.9 Å². The molecular weight excluding hydrogens is 368 g/mol. The first kappa shape index (κ1) is 19.0. The molecule has 0 fully saturated rings. The summed E-state index contributed by atoms with van der Waals surface area (Å²) in [7, 11) is 0. The predicted octanol–water partition coefficient (Wildman–Crippen LogP) is 3.62. The number of hydrogen-bond acceptors (Lipinski definition) is 6. The predicted molar refractivity (Wildman–Crippen MR) is 106 cm³/mol. The third kappa shape index (κ3) is 3.83. The monoisotopic (exact) mass is 390 g/mol. The van der Waals surface area contributed by atoms with Gasteiger partial charge in [0.1, 0.15) is 5.25 Å². The summed E-state index contributed by atoms with van der Waals surface area (Å²) < 4.78 is 6.71. The molecule has 138 valence electrons. The van der Waals surface area contributed by atoms with Crippen LogP contribution in [-0.4, -0.2) is 32.6 Å². The number of esters is 1. The van der Waals surface area contributed by atoms with E-state index >= 15 is 0 Å². The number of thioether (sulfide) groups is 2. The largest absolute Gasteiger partial charge is 0.465 e. The summed E-state index contributed by atoms with van der Waals surface area (Å²) in [5.74, 6) is -0.301. The van der Waals surface area contributed by atoms with Gasteiger partial charge in [0.2, 0.25) is 0 Å². The van der Waals surface area contributed by atoms with E-state index < -0.39 is 5.25 Å². The number of aromatic nitrogens is 2. The molecular formula is C19H22N2O3S2. The Morgan fingerprint density at radius 3 is 2.77 bits per heavy atom. The number of hydrogen-bond donors (Lipinski definition) is 0. The van der Waals surface area contributed by atoms with Crippen LogP contribution in [0.4, 0.5) is 0 Å². The molecule has 1 aromatic carbocycles. The highest BCUT2D eigenvalue weighted by atomic mass is 32.2. The summed E-state index contributed by atoms with van der Waals surface area (Å²) in [6.07, 6.45) is 0.769. The average molecular weight is 391 g/mol. The van der Waals surface area contributed by atoms with Crippen molar-refractivity contribution in [2.75, 3.05) is 6.61 Å². The molecule has 0 spiro atoms. The molecule has 0 bridgehead atoms. The normalized spacial score (nSPS) is 17.0.